The van der Waals surface area contributed by atoms with Crippen LogP contribution in [0.2, 0.25) is 0 Å². The van der Waals surface area contributed by atoms with Crippen LogP contribution in [0.3, 0.4) is 0 Å². The van der Waals surface area contributed by atoms with Crippen LogP contribution in [0.4, 0.5) is 0 Å². The minimum absolute atomic E-state index is 0.0727. The molecule has 1 saturated carbocycles. The molecule has 1 aromatic rings. The van der Waals surface area contributed by atoms with Crippen molar-refractivity contribution in [3.63, 3.8) is 0 Å². The largest absolute Gasteiger partial charge is 0.487 e. The molecule has 1 spiro atoms. The molecule has 0 bridgehead atoms. The number of rotatable bonds is 2. The standard InChI is InChI=1S/C16H22BrNO/c1-3-11-5-4-8-16(11)10-14(18-2)13-9-12(17)6-7-15(13)19-16/h6-7,9,11,14,18H,3-5,8,10H2,1-2H3. The molecule has 3 atom stereocenters. The van der Waals surface area contributed by atoms with Gasteiger partial charge < -0.3 is 10.1 Å². The zero-order chi connectivity index (χ0) is 13.5. The van der Waals surface area contributed by atoms with E-state index >= 15 is 0 Å². The topological polar surface area (TPSA) is 21.3 Å². The van der Waals surface area contributed by atoms with Crippen molar-refractivity contribution < 1.29 is 4.74 Å². The first kappa shape index (κ1) is 13.4. The number of halogens is 1. The van der Waals surface area contributed by atoms with Gasteiger partial charge in [0.05, 0.1) is 0 Å². The fraction of sp³-hybridized carbons (Fsp3) is 0.625. The average Bonchev–Trinajstić information content (AvgIpc) is 2.80. The van der Waals surface area contributed by atoms with Crippen LogP contribution in [0.1, 0.15) is 50.6 Å². The Morgan fingerprint density at radius 3 is 3.05 bits per heavy atom. The first-order valence-corrected chi connectivity index (χ1v) is 8.13. The van der Waals surface area contributed by atoms with Gasteiger partial charge in [-0.05, 0) is 56.8 Å². The molecule has 0 radical (unpaired) electrons. The summed E-state index contributed by atoms with van der Waals surface area (Å²) in [6, 6.07) is 6.81. The van der Waals surface area contributed by atoms with E-state index in [1.165, 1.54) is 31.2 Å². The Hall–Kier alpha value is -0.540. The average molecular weight is 324 g/mol. The number of ether oxygens (including phenoxy) is 1. The summed E-state index contributed by atoms with van der Waals surface area (Å²) < 4.78 is 7.64. The van der Waals surface area contributed by atoms with Gasteiger partial charge >= 0.3 is 0 Å². The Morgan fingerprint density at radius 2 is 2.32 bits per heavy atom. The maximum Gasteiger partial charge on any atom is 0.125 e. The molecule has 3 unspecified atom stereocenters. The van der Waals surface area contributed by atoms with Crippen molar-refractivity contribution in [3.8, 4) is 5.75 Å². The minimum Gasteiger partial charge on any atom is -0.487 e. The van der Waals surface area contributed by atoms with Gasteiger partial charge in [0, 0.05) is 22.5 Å². The quantitative estimate of drug-likeness (QED) is 0.868. The number of fused-ring (bicyclic) bond motifs is 1. The molecule has 104 valence electrons. The molecule has 3 rings (SSSR count). The first-order valence-electron chi connectivity index (χ1n) is 7.34. The van der Waals surface area contributed by atoms with Gasteiger partial charge in [0.1, 0.15) is 11.4 Å². The van der Waals surface area contributed by atoms with Gasteiger partial charge in [-0.1, -0.05) is 22.9 Å². The van der Waals surface area contributed by atoms with Gasteiger partial charge in [-0.25, -0.2) is 0 Å². The zero-order valence-electron chi connectivity index (χ0n) is 11.7. The third kappa shape index (κ3) is 2.21. The van der Waals surface area contributed by atoms with Crippen LogP contribution in [-0.4, -0.2) is 12.6 Å². The molecule has 3 heteroatoms. The number of nitrogens with one attached hydrogen (secondary N) is 1. The molecule has 1 fully saturated rings. The van der Waals surface area contributed by atoms with Crippen LogP contribution in [0.25, 0.3) is 0 Å². The second kappa shape index (κ2) is 5.10. The van der Waals surface area contributed by atoms with Gasteiger partial charge in [-0.15, -0.1) is 0 Å². The first-order chi connectivity index (χ1) is 9.18. The van der Waals surface area contributed by atoms with E-state index < -0.39 is 0 Å². The number of hydrogen-bond donors (Lipinski definition) is 1. The summed E-state index contributed by atoms with van der Waals surface area (Å²) in [5.41, 5.74) is 1.37. The maximum absolute atomic E-state index is 6.51. The van der Waals surface area contributed by atoms with Gasteiger partial charge in [-0.2, -0.15) is 0 Å². The predicted octanol–water partition coefficient (Wildman–Crippen LogP) is 4.44. The summed E-state index contributed by atoms with van der Waals surface area (Å²) in [7, 11) is 2.06. The molecule has 1 aliphatic heterocycles. The highest BCUT2D eigenvalue weighted by atomic mass is 79.9. The van der Waals surface area contributed by atoms with E-state index in [4.69, 9.17) is 4.74 Å². The molecule has 2 nitrogen and oxygen atoms in total. The Bertz CT molecular complexity index is 476. The van der Waals surface area contributed by atoms with E-state index in [9.17, 15) is 0 Å². The van der Waals surface area contributed by atoms with Crippen molar-refractivity contribution in [3.05, 3.63) is 28.2 Å². The lowest BCUT2D eigenvalue weighted by Gasteiger charge is -2.43. The smallest absolute Gasteiger partial charge is 0.125 e. The molecule has 19 heavy (non-hydrogen) atoms. The second-order valence-electron chi connectivity index (χ2n) is 5.89. The lowest BCUT2D eigenvalue weighted by Crippen LogP contribution is -2.46. The van der Waals surface area contributed by atoms with Crippen LogP contribution in [-0.2, 0) is 0 Å². The molecule has 1 aliphatic carbocycles. The van der Waals surface area contributed by atoms with Crippen molar-refractivity contribution >= 4 is 15.9 Å². The van der Waals surface area contributed by atoms with Crippen molar-refractivity contribution in [1.29, 1.82) is 0 Å². The third-order valence-corrected chi connectivity index (χ3v) is 5.44. The lowest BCUT2D eigenvalue weighted by molar-refractivity contribution is -0.00470. The summed E-state index contributed by atoms with van der Waals surface area (Å²) in [6.45, 7) is 2.30. The Labute approximate surface area is 124 Å². The fourth-order valence-electron chi connectivity index (χ4n) is 3.95. The van der Waals surface area contributed by atoms with E-state index in [0.29, 0.717) is 12.0 Å². The molecule has 1 N–H and O–H groups in total. The van der Waals surface area contributed by atoms with E-state index in [0.717, 1.165) is 16.6 Å². The molecular weight excluding hydrogens is 302 g/mol. The summed E-state index contributed by atoms with van der Waals surface area (Å²) in [4.78, 5) is 0. The molecule has 0 aromatic heterocycles. The molecule has 1 heterocycles. The number of benzene rings is 1. The Kier molecular flexibility index (Phi) is 3.61. The maximum atomic E-state index is 6.51. The van der Waals surface area contributed by atoms with Gasteiger partial charge in [0.2, 0.25) is 0 Å². The second-order valence-corrected chi connectivity index (χ2v) is 6.81. The lowest BCUT2D eigenvalue weighted by atomic mass is 9.79. The highest BCUT2D eigenvalue weighted by Gasteiger charge is 2.48. The molecule has 2 aliphatic rings. The Morgan fingerprint density at radius 1 is 1.47 bits per heavy atom. The minimum atomic E-state index is 0.0727. The summed E-state index contributed by atoms with van der Waals surface area (Å²) >= 11 is 3.56. The van der Waals surface area contributed by atoms with Crippen LogP contribution < -0.4 is 10.1 Å². The summed E-state index contributed by atoms with van der Waals surface area (Å²) in [6.07, 6.45) is 6.16. The number of hydrogen-bond acceptors (Lipinski definition) is 2. The SMILES string of the molecule is CCC1CCCC12CC(NC)c1cc(Br)ccc1O2. The van der Waals surface area contributed by atoms with Gasteiger partial charge in [0.25, 0.3) is 0 Å². The van der Waals surface area contributed by atoms with E-state index in [1.54, 1.807) is 0 Å². The fourth-order valence-corrected chi connectivity index (χ4v) is 4.33. The van der Waals surface area contributed by atoms with Gasteiger partial charge in [0.15, 0.2) is 0 Å². The van der Waals surface area contributed by atoms with Crippen molar-refractivity contribution in [2.45, 2.75) is 50.7 Å². The van der Waals surface area contributed by atoms with E-state index in [-0.39, 0.29) is 5.60 Å². The van der Waals surface area contributed by atoms with Crippen LogP contribution in [0.5, 0.6) is 5.75 Å². The summed E-state index contributed by atoms with van der Waals surface area (Å²) in [5, 5.41) is 3.48. The predicted molar refractivity (Wildman–Crippen MR) is 81.6 cm³/mol. The highest BCUT2D eigenvalue weighted by Crippen LogP contribution is 2.51. The highest BCUT2D eigenvalue weighted by molar-refractivity contribution is 9.10. The normalized spacial score (nSPS) is 33.2. The Balaban J connectivity index is 2.00. The van der Waals surface area contributed by atoms with Crippen LogP contribution in [0.15, 0.2) is 22.7 Å². The van der Waals surface area contributed by atoms with E-state index in [2.05, 4.69) is 53.4 Å². The summed E-state index contributed by atoms with van der Waals surface area (Å²) in [5.74, 6) is 1.79. The third-order valence-electron chi connectivity index (χ3n) is 4.95. The molecule has 0 saturated heterocycles. The van der Waals surface area contributed by atoms with Crippen molar-refractivity contribution in [1.82, 2.24) is 5.32 Å². The van der Waals surface area contributed by atoms with Crippen molar-refractivity contribution in [2.75, 3.05) is 7.05 Å². The van der Waals surface area contributed by atoms with Crippen LogP contribution >= 0.6 is 15.9 Å². The molecule has 0 amide bonds. The molecular formula is C16H22BrNO. The van der Waals surface area contributed by atoms with Crippen LogP contribution in [0, 0.1) is 5.92 Å². The van der Waals surface area contributed by atoms with E-state index in [1.807, 2.05) is 0 Å². The van der Waals surface area contributed by atoms with Crippen molar-refractivity contribution in [2.24, 2.45) is 5.92 Å². The monoisotopic (exact) mass is 323 g/mol. The zero-order valence-corrected chi connectivity index (χ0v) is 13.3. The molecule has 1 aromatic carbocycles. The van der Waals surface area contributed by atoms with Gasteiger partial charge in [-0.3, -0.25) is 0 Å².